The molecular formula is C6H12N2O3. The highest BCUT2D eigenvalue weighted by molar-refractivity contribution is 5.71. The number of urea groups is 1. The number of nitrogens with one attached hydrogen (secondary N) is 1. The van der Waals surface area contributed by atoms with Gasteiger partial charge in [-0.25, -0.2) is 4.79 Å². The van der Waals surface area contributed by atoms with Gasteiger partial charge in [0, 0.05) is 13.0 Å². The van der Waals surface area contributed by atoms with Crippen molar-refractivity contribution in [2.45, 2.75) is 13.3 Å². The number of aliphatic carboxylic acids is 1. The monoisotopic (exact) mass is 160 g/mol. The van der Waals surface area contributed by atoms with E-state index in [4.69, 9.17) is 10.8 Å². The summed E-state index contributed by atoms with van der Waals surface area (Å²) in [6, 6.07) is -0.623. The minimum atomic E-state index is -0.872. The number of hydrogen-bond donors (Lipinski definition) is 3. The van der Waals surface area contributed by atoms with Crippen LogP contribution in [0, 0.1) is 5.92 Å². The molecule has 0 heterocycles. The van der Waals surface area contributed by atoms with E-state index in [2.05, 4.69) is 5.32 Å². The van der Waals surface area contributed by atoms with E-state index in [1.807, 2.05) is 0 Å². The molecule has 0 aromatic carbocycles. The lowest BCUT2D eigenvalue weighted by Crippen LogP contribution is -2.33. The molecule has 0 rings (SSSR count). The van der Waals surface area contributed by atoms with Gasteiger partial charge < -0.3 is 16.2 Å². The third-order valence-corrected chi connectivity index (χ3v) is 1.15. The van der Waals surface area contributed by atoms with Crippen LogP contribution in [0.15, 0.2) is 0 Å². The van der Waals surface area contributed by atoms with Gasteiger partial charge in [-0.05, 0) is 5.92 Å². The van der Waals surface area contributed by atoms with Crippen LogP contribution in [-0.4, -0.2) is 23.7 Å². The fourth-order valence-corrected chi connectivity index (χ4v) is 0.645. The predicted octanol–water partition coefficient (Wildman–Crippen LogP) is -0.235. The maximum Gasteiger partial charge on any atom is 0.312 e. The van der Waals surface area contributed by atoms with Gasteiger partial charge in [-0.1, -0.05) is 6.92 Å². The van der Waals surface area contributed by atoms with Crippen molar-refractivity contribution < 1.29 is 14.7 Å². The van der Waals surface area contributed by atoms with Gasteiger partial charge >= 0.3 is 12.0 Å². The van der Waals surface area contributed by atoms with E-state index in [1.165, 1.54) is 0 Å². The van der Waals surface area contributed by atoms with Gasteiger partial charge in [-0.3, -0.25) is 4.79 Å². The van der Waals surface area contributed by atoms with Crippen LogP contribution in [0.4, 0.5) is 4.79 Å². The summed E-state index contributed by atoms with van der Waals surface area (Å²) in [5.41, 5.74) is 4.77. The molecule has 0 saturated carbocycles. The van der Waals surface area contributed by atoms with Crippen LogP contribution in [0.5, 0.6) is 0 Å². The van der Waals surface area contributed by atoms with Crippen molar-refractivity contribution in [2.24, 2.45) is 11.7 Å². The van der Waals surface area contributed by atoms with Crippen molar-refractivity contribution >= 4 is 12.0 Å². The second kappa shape index (κ2) is 4.54. The molecule has 4 N–H and O–H groups in total. The van der Waals surface area contributed by atoms with E-state index in [-0.39, 0.29) is 12.3 Å². The molecule has 0 aliphatic heterocycles. The quantitative estimate of drug-likeness (QED) is 0.530. The summed E-state index contributed by atoms with van der Waals surface area (Å²) in [5, 5.41) is 10.6. The van der Waals surface area contributed by atoms with Crippen molar-refractivity contribution in [3.05, 3.63) is 0 Å². The average molecular weight is 160 g/mol. The summed E-state index contributed by atoms with van der Waals surface area (Å²) in [6.45, 7) is 2.03. The molecule has 11 heavy (non-hydrogen) atoms. The highest BCUT2D eigenvalue weighted by Crippen LogP contribution is 1.98. The number of primary amides is 1. The minimum absolute atomic E-state index is 0.0419. The van der Waals surface area contributed by atoms with E-state index >= 15 is 0 Å². The average Bonchev–Trinajstić information content (AvgIpc) is 1.82. The van der Waals surface area contributed by atoms with Gasteiger partial charge in [0.2, 0.25) is 0 Å². The summed E-state index contributed by atoms with van der Waals surface area (Å²) < 4.78 is 0. The van der Waals surface area contributed by atoms with Gasteiger partial charge in [0.25, 0.3) is 0 Å². The Balaban J connectivity index is 3.44. The number of carboxylic acid groups (broad SMARTS) is 1. The second-order valence-electron chi connectivity index (χ2n) is 2.45. The smallest absolute Gasteiger partial charge is 0.312 e. The molecule has 0 aliphatic rings. The summed E-state index contributed by atoms with van der Waals surface area (Å²) in [6.07, 6.45) is 0.0419. The first-order valence-corrected chi connectivity index (χ1v) is 3.27. The molecule has 64 valence electrons. The molecule has 0 fully saturated rings. The van der Waals surface area contributed by atoms with E-state index in [9.17, 15) is 9.59 Å². The number of carbonyl (C=O) groups excluding carboxylic acids is 1. The van der Waals surface area contributed by atoms with E-state index in [0.29, 0.717) is 6.54 Å². The van der Waals surface area contributed by atoms with Gasteiger partial charge in [-0.15, -0.1) is 0 Å². The minimum Gasteiger partial charge on any atom is -0.481 e. The molecule has 0 saturated heterocycles. The molecule has 2 amide bonds. The molecule has 0 radical (unpaired) electrons. The van der Waals surface area contributed by atoms with Crippen molar-refractivity contribution in [3.63, 3.8) is 0 Å². The molecule has 0 aromatic heterocycles. The fraction of sp³-hybridized carbons (Fsp3) is 0.667. The number of hydrogen-bond acceptors (Lipinski definition) is 2. The lowest BCUT2D eigenvalue weighted by Gasteiger charge is -2.07. The molecule has 1 atom stereocenters. The Morgan fingerprint density at radius 3 is 2.55 bits per heavy atom. The van der Waals surface area contributed by atoms with Gasteiger partial charge in [0.15, 0.2) is 0 Å². The normalized spacial score (nSPS) is 12.1. The number of nitrogens with two attached hydrogens (primary N) is 1. The SMILES string of the molecule is C[C@@H](CNC(N)=O)CC(=O)O. The Morgan fingerprint density at radius 1 is 1.64 bits per heavy atom. The summed E-state index contributed by atoms with van der Waals surface area (Å²) in [5.74, 6) is -0.955. The lowest BCUT2D eigenvalue weighted by molar-refractivity contribution is -0.137. The van der Waals surface area contributed by atoms with Crippen LogP contribution in [0.2, 0.25) is 0 Å². The number of rotatable bonds is 4. The van der Waals surface area contributed by atoms with Gasteiger partial charge in [-0.2, -0.15) is 0 Å². The fourth-order valence-electron chi connectivity index (χ4n) is 0.645. The van der Waals surface area contributed by atoms with Crippen LogP contribution >= 0.6 is 0 Å². The van der Waals surface area contributed by atoms with Crippen LogP contribution in [0.25, 0.3) is 0 Å². The zero-order chi connectivity index (χ0) is 8.85. The topological polar surface area (TPSA) is 92.4 Å². The summed E-state index contributed by atoms with van der Waals surface area (Å²) in [4.78, 5) is 20.3. The van der Waals surface area contributed by atoms with Crippen molar-refractivity contribution in [1.29, 1.82) is 0 Å². The first kappa shape index (κ1) is 9.74. The van der Waals surface area contributed by atoms with Crippen molar-refractivity contribution in [3.8, 4) is 0 Å². The van der Waals surface area contributed by atoms with E-state index < -0.39 is 12.0 Å². The van der Waals surface area contributed by atoms with E-state index in [0.717, 1.165) is 0 Å². The van der Waals surface area contributed by atoms with Crippen LogP contribution in [0.3, 0.4) is 0 Å². The molecule has 5 nitrogen and oxygen atoms in total. The van der Waals surface area contributed by atoms with Crippen LogP contribution in [0.1, 0.15) is 13.3 Å². The molecule has 0 aromatic rings. The van der Waals surface area contributed by atoms with Crippen molar-refractivity contribution in [2.75, 3.05) is 6.54 Å². The third-order valence-electron chi connectivity index (χ3n) is 1.15. The Kier molecular flexibility index (Phi) is 4.02. The molecular weight excluding hydrogens is 148 g/mol. The first-order valence-electron chi connectivity index (χ1n) is 3.27. The van der Waals surface area contributed by atoms with Crippen LogP contribution in [-0.2, 0) is 4.79 Å². The van der Waals surface area contributed by atoms with Gasteiger partial charge in [0.05, 0.1) is 0 Å². The zero-order valence-corrected chi connectivity index (χ0v) is 6.33. The lowest BCUT2D eigenvalue weighted by atomic mass is 10.1. The zero-order valence-electron chi connectivity index (χ0n) is 6.33. The molecule has 0 spiro atoms. The Bertz CT molecular complexity index is 158. The highest BCUT2D eigenvalue weighted by Gasteiger charge is 2.07. The molecule has 0 unspecified atom stereocenters. The Morgan fingerprint density at radius 2 is 2.18 bits per heavy atom. The summed E-state index contributed by atoms with van der Waals surface area (Å²) in [7, 11) is 0. The maximum atomic E-state index is 10.2. The van der Waals surface area contributed by atoms with Gasteiger partial charge in [0.1, 0.15) is 0 Å². The maximum absolute atomic E-state index is 10.2. The summed E-state index contributed by atoms with van der Waals surface area (Å²) >= 11 is 0. The molecule has 0 aliphatic carbocycles. The number of carboxylic acids is 1. The Hall–Kier alpha value is -1.26. The Labute approximate surface area is 64.6 Å². The second-order valence-corrected chi connectivity index (χ2v) is 2.45. The standard InChI is InChI=1S/C6H12N2O3/c1-4(2-5(9)10)3-8-6(7)11/h4H,2-3H2,1H3,(H,9,10)(H3,7,8,11)/t4-/m1/s1. The largest absolute Gasteiger partial charge is 0.481 e. The third kappa shape index (κ3) is 6.63. The predicted molar refractivity (Wildman–Crippen MR) is 39.0 cm³/mol. The molecule has 0 bridgehead atoms. The highest BCUT2D eigenvalue weighted by atomic mass is 16.4. The number of carbonyl (C=O) groups is 2. The van der Waals surface area contributed by atoms with Crippen molar-refractivity contribution in [1.82, 2.24) is 5.32 Å². The van der Waals surface area contributed by atoms with E-state index in [1.54, 1.807) is 6.92 Å². The van der Waals surface area contributed by atoms with Crippen LogP contribution < -0.4 is 11.1 Å². The number of amides is 2. The molecule has 5 heteroatoms. The first-order chi connectivity index (χ1) is 5.02.